The number of ether oxygens (including phenoxy) is 2. The Balaban J connectivity index is 2.07. The minimum atomic E-state index is -4.51. The minimum Gasteiger partial charge on any atom is -0.480 e. The number of carbonyl (C=O) groups excluding carboxylic acids is 1. The third kappa shape index (κ3) is 4.99. The van der Waals surface area contributed by atoms with Crippen molar-refractivity contribution < 1.29 is 37.3 Å². The molecule has 0 radical (unpaired) electrons. The van der Waals surface area contributed by atoms with Crippen molar-refractivity contribution in [2.75, 3.05) is 6.54 Å². The molecular weight excluding hydrogens is 357 g/mol. The molecule has 1 N–H and O–H groups in total. The Hall–Kier alpha value is -2.52. The van der Waals surface area contributed by atoms with Crippen molar-refractivity contribution in [1.29, 1.82) is 0 Å². The van der Waals surface area contributed by atoms with Crippen LogP contribution in [0.25, 0.3) is 0 Å². The van der Waals surface area contributed by atoms with Crippen molar-refractivity contribution in [3.63, 3.8) is 0 Å². The van der Waals surface area contributed by atoms with Crippen molar-refractivity contribution in [2.45, 2.75) is 51.1 Å². The first kappa shape index (κ1) is 19.8. The summed E-state index contributed by atoms with van der Waals surface area (Å²) in [6.07, 6.45) is -5.44. The van der Waals surface area contributed by atoms with Gasteiger partial charge in [-0.15, -0.1) is 0 Å². The van der Waals surface area contributed by atoms with Crippen LogP contribution in [-0.2, 0) is 15.7 Å². The zero-order valence-electron chi connectivity index (χ0n) is 14.4. The number of aromatic nitrogens is 1. The number of carboxylic acid groups (broad SMARTS) is 1. The summed E-state index contributed by atoms with van der Waals surface area (Å²) in [4.78, 5) is 28.2. The second-order valence-electron chi connectivity index (χ2n) is 6.85. The van der Waals surface area contributed by atoms with E-state index in [1.165, 1.54) is 0 Å². The third-order valence-corrected chi connectivity index (χ3v) is 3.53. The molecule has 1 aliphatic heterocycles. The Morgan fingerprint density at radius 1 is 1.27 bits per heavy atom. The maximum atomic E-state index is 12.5. The molecule has 2 heterocycles. The van der Waals surface area contributed by atoms with Gasteiger partial charge in [0.2, 0.25) is 5.88 Å². The molecule has 0 spiro atoms. The van der Waals surface area contributed by atoms with Crippen LogP contribution < -0.4 is 4.74 Å². The molecule has 0 aromatic carbocycles. The SMILES string of the molecule is CC(C)(C)OC(=O)N1CC(Oc2ccc(C(F)(F)F)cn2)CC1C(=O)O. The van der Waals surface area contributed by atoms with Gasteiger partial charge in [0.25, 0.3) is 0 Å². The normalized spacial score (nSPS) is 20.8. The van der Waals surface area contributed by atoms with E-state index >= 15 is 0 Å². The van der Waals surface area contributed by atoms with Crippen molar-refractivity contribution >= 4 is 12.1 Å². The summed E-state index contributed by atoms with van der Waals surface area (Å²) in [5, 5.41) is 9.30. The highest BCUT2D eigenvalue weighted by atomic mass is 19.4. The van der Waals surface area contributed by atoms with Gasteiger partial charge in [0.1, 0.15) is 17.7 Å². The van der Waals surface area contributed by atoms with Gasteiger partial charge < -0.3 is 14.6 Å². The van der Waals surface area contributed by atoms with Gasteiger partial charge in [-0.2, -0.15) is 13.2 Å². The number of likely N-dealkylation sites (tertiary alicyclic amines) is 1. The van der Waals surface area contributed by atoms with Crippen LogP contribution in [0.2, 0.25) is 0 Å². The van der Waals surface area contributed by atoms with Crippen LogP contribution in [0.3, 0.4) is 0 Å². The molecule has 144 valence electrons. The lowest BCUT2D eigenvalue weighted by atomic mass is 10.2. The van der Waals surface area contributed by atoms with E-state index in [9.17, 15) is 27.9 Å². The molecule has 1 aromatic heterocycles. The summed E-state index contributed by atoms with van der Waals surface area (Å²) in [6.45, 7) is 4.87. The second-order valence-corrected chi connectivity index (χ2v) is 6.85. The summed E-state index contributed by atoms with van der Waals surface area (Å²) in [6, 6.07) is 0.719. The molecule has 0 bridgehead atoms. The Labute approximate surface area is 147 Å². The number of carboxylic acids is 1. The summed E-state index contributed by atoms with van der Waals surface area (Å²) in [5.41, 5.74) is -1.72. The summed E-state index contributed by atoms with van der Waals surface area (Å²) in [7, 11) is 0. The lowest BCUT2D eigenvalue weighted by Gasteiger charge is -2.26. The number of hydrogen-bond donors (Lipinski definition) is 1. The van der Waals surface area contributed by atoms with E-state index in [1.54, 1.807) is 20.8 Å². The lowest BCUT2D eigenvalue weighted by molar-refractivity contribution is -0.142. The average molecular weight is 376 g/mol. The minimum absolute atomic E-state index is 0.0305. The summed E-state index contributed by atoms with van der Waals surface area (Å²) < 4.78 is 48.2. The highest BCUT2D eigenvalue weighted by Crippen LogP contribution is 2.30. The monoisotopic (exact) mass is 376 g/mol. The second kappa shape index (κ2) is 7.00. The highest BCUT2D eigenvalue weighted by molar-refractivity contribution is 5.81. The molecule has 10 heteroatoms. The number of nitrogens with zero attached hydrogens (tertiary/aromatic N) is 2. The van der Waals surface area contributed by atoms with E-state index in [0.717, 1.165) is 17.0 Å². The molecule has 2 unspecified atom stereocenters. The topological polar surface area (TPSA) is 89.0 Å². The van der Waals surface area contributed by atoms with Crippen LogP contribution in [-0.4, -0.2) is 51.3 Å². The first-order valence-corrected chi connectivity index (χ1v) is 7.79. The van der Waals surface area contributed by atoms with Crippen molar-refractivity contribution in [3.8, 4) is 5.88 Å². The fourth-order valence-corrected chi connectivity index (χ4v) is 2.43. The van der Waals surface area contributed by atoms with Crippen LogP contribution in [0.15, 0.2) is 18.3 Å². The molecule has 1 saturated heterocycles. The van der Waals surface area contributed by atoms with Gasteiger partial charge in [-0.05, 0) is 26.8 Å². The molecule has 7 nitrogen and oxygen atoms in total. The Morgan fingerprint density at radius 3 is 2.38 bits per heavy atom. The number of hydrogen-bond acceptors (Lipinski definition) is 5. The molecule has 1 aliphatic rings. The van der Waals surface area contributed by atoms with Gasteiger partial charge >= 0.3 is 18.2 Å². The number of halogens is 3. The van der Waals surface area contributed by atoms with E-state index in [-0.39, 0.29) is 18.8 Å². The van der Waals surface area contributed by atoms with E-state index in [0.29, 0.717) is 6.20 Å². The highest BCUT2D eigenvalue weighted by Gasteiger charge is 2.43. The standard InChI is InChI=1S/C16H19F3N2O5/c1-15(2,3)26-14(24)21-8-10(6-11(21)13(22)23)25-12-5-4-9(7-20-12)16(17,18)19/h4-5,7,10-11H,6,8H2,1-3H3,(H,22,23). The number of aliphatic carboxylic acids is 1. The molecule has 0 aliphatic carbocycles. The summed E-state index contributed by atoms with van der Waals surface area (Å²) >= 11 is 0. The molecule has 1 aromatic rings. The first-order chi connectivity index (χ1) is 11.9. The maximum absolute atomic E-state index is 12.5. The molecule has 1 amide bonds. The zero-order chi connectivity index (χ0) is 19.7. The van der Waals surface area contributed by atoms with Crippen molar-refractivity contribution in [2.24, 2.45) is 0 Å². The molecule has 26 heavy (non-hydrogen) atoms. The number of rotatable bonds is 3. The lowest BCUT2D eigenvalue weighted by Crippen LogP contribution is -2.43. The van der Waals surface area contributed by atoms with Crippen LogP contribution >= 0.6 is 0 Å². The predicted octanol–water partition coefficient (Wildman–Crippen LogP) is 2.94. The van der Waals surface area contributed by atoms with Crippen LogP contribution in [0, 0.1) is 0 Å². The zero-order valence-corrected chi connectivity index (χ0v) is 14.4. The van der Waals surface area contributed by atoms with Gasteiger partial charge in [-0.1, -0.05) is 0 Å². The molecule has 2 rings (SSSR count). The van der Waals surface area contributed by atoms with Gasteiger partial charge in [0.05, 0.1) is 12.1 Å². The smallest absolute Gasteiger partial charge is 0.417 e. The largest absolute Gasteiger partial charge is 0.480 e. The van der Waals surface area contributed by atoms with Crippen LogP contribution in [0.5, 0.6) is 5.88 Å². The van der Waals surface area contributed by atoms with Crippen LogP contribution in [0.1, 0.15) is 32.8 Å². The van der Waals surface area contributed by atoms with Gasteiger partial charge in [-0.3, -0.25) is 4.90 Å². The van der Waals surface area contributed by atoms with E-state index < -0.39 is 41.5 Å². The quantitative estimate of drug-likeness (QED) is 0.873. The average Bonchev–Trinajstić information content (AvgIpc) is 2.89. The van der Waals surface area contributed by atoms with Crippen LogP contribution in [0.4, 0.5) is 18.0 Å². The Morgan fingerprint density at radius 2 is 1.92 bits per heavy atom. The van der Waals surface area contributed by atoms with Gasteiger partial charge in [0.15, 0.2) is 0 Å². The number of amides is 1. The fraction of sp³-hybridized carbons (Fsp3) is 0.562. The van der Waals surface area contributed by atoms with Crippen molar-refractivity contribution in [1.82, 2.24) is 9.88 Å². The van der Waals surface area contributed by atoms with E-state index in [1.807, 2.05) is 0 Å². The Bertz CT molecular complexity index is 670. The Kier molecular flexibility index (Phi) is 5.33. The van der Waals surface area contributed by atoms with E-state index in [2.05, 4.69) is 4.98 Å². The molecule has 0 saturated carbocycles. The number of pyridine rings is 1. The maximum Gasteiger partial charge on any atom is 0.417 e. The summed E-state index contributed by atoms with van der Waals surface area (Å²) in [5.74, 6) is -1.31. The molecular formula is C16H19F3N2O5. The van der Waals surface area contributed by atoms with Gasteiger partial charge in [-0.25, -0.2) is 14.6 Å². The molecule has 1 fully saturated rings. The first-order valence-electron chi connectivity index (χ1n) is 7.79. The molecule has 2 atom stereocenters. The fourth-order valence-electron chi connectivity index (χ4n) is 2.43. The van der Waals surface area contributed by atoms with E-state index in [4.69, 9.17) is 9.47 Å². The predicted molar refractivity (Wildman–Crippen MR) is 82.6 cm³/mol. The number of carbonyl (C=O) groups is 2. The van der Waals surface area contributed by atoms with Crippen molar-refractivity contribution in [3.05, 3.63) is 23.9 Å². The number of alkyl halides is 3. The van der Waals surface area contributed by atoms with Gasteiger partial charge in [0, 0.05) is 18.7 Å². The third-order valence-electron chi connectivity index (χ3n) is 3.53.